The van der Waals surface area contributed by atoms with Crippen molar-refractivity contribution < 1.29 is 14.8 Å². The molecule has 1 aliphatic rings. The van der Waals surface area contributed by atoms with Crippen LogP contribution in [0.1, 0.15) is 15.9 Å². The lowest BCUT2D eigenvalue weighted by Crippen LogP contribution is -2.44. The van der Waals surface area contributed by atoms with Crippen molar-refractivity contribution in [2.75, 3.05) is 52.2 Å². The first-order valence-electron chi connectivity index (χ1n) is 10.8. The van der Waals surface area contributed by atoms with Gasteiger partial charge in [-0.3, -0.25) is 14.8 Å². The second-order valence-corrected chi connectivity index (χ2v) is 8.39. The molecule has 3 aromatic rings. The summed E-state index contributed by atoms with van der Waals surface area (Å²) in [6.45, 7) is 3.74. The Morgan fingerprint density at radius 2 is 1.82 bits per heavy atom. The van der Waals surface area contributed by atoms with Gasteiger partial charge >= 0.3 is 0 Å². The molecular weight excluding hydrogens is 420 g/mol. The predicted molar refractivity (Wildman–Crippen MR) is 128 cm³/mol. The standard InChI is InChI=1S/C24H28N6O3/c1-28(2)22(31)9-8-18-14-19-20(15-21(18)30-12-10-29(3)11-13-30)26-23(25-19)16-4-6-17(7-5-16)24(32)27-33/h4-9,14-15,33H,10-13H2,1-3H3,(H,25,26)(H,27,32)/b9-8+. The lowest BCUT2D eigenvalue weighted by molar-refractivity contribution is -0.123. The molecule has 0 bridgehead atoms. The van der Waals surface area contributed by atoms with E-state index in [1.54, 1.807) is 54.8 Å². The highest BCUT2D eigenvalue weighted by molar-refractivity contribution is 5.95. The van der Waals surface area contributed by atoms with Crippen LogP contribution in [0, 0.1) is 0 Å². The van der Waals surface area contributed by atoms with E-state index in [0.717, 1.165) is 54.0 Å². The van der Waals surface area contributed by atoms with E-state index in [9.17, 15) is 9.59 Å². The smallest absolute Gasteiger partial charge is 0.274 e. The first kappa shape index (κ1) is 22.5. The van der Waals surface area contributed by atoms with Gasteiger partial charge in [0.2, 0.25) is 5.91 Å². The Balaban J connectivity index is 1.72. The monoisotopic (exact) mass is 448 g/mol. The Kier molecular flexibility index (Phi) is 6.43. The van der Waals surface area contributed by atoms with Gasteiger partial charge in [0.1, 0.15) is 5.82 Å². The summed E-state index contributed by atoms with van der Waals surface area (Å²) in [6.07, 6.45) is 3.45. The molecule has 33 heavy (non-hydrogen) atoms. The van der Waals surface area contributed by atoms with Crippen LogP contribution < -0.4 is 10.4 Å². The maximum absolute atomic E-state index is 12.2. The van der Waals surface area contributed by atoms with Gasteiger partial charge < -0.3 is 19.7 Å². The third-order valence-corrected chi connectivity index (χ3v) is 5.84. The molecule has 0 aliphatic carbocycles. The van der Waals surface area contributed by atoms with Gasteiger partial charge in [0.05, 0.1) is 11.0 Å². The number of aromatic amines is 1. The average molecular weight is 449 g/mol. The van der Waals surface area contributed by atoms with Gasteiger partial charge in [0.25, 0.3) is 5.91 Å². The highest BCUT2D eigenvalue weighted by Gasteiger charge is 2.19. The van der Waals surface area contributed by atoms with Crippen molar-refractivity contribution in [1.29, 1.82) is 0 Å². The molecule has 1 fully saturated rings. The maximum Gasteiger partial charge on any atom is 0.274 e. The summed E-state index contributed by atoms with van der Waals surface area (Å²) in [6, 6.07) is 10.9. The Morgan fingerprint density at radius 1 is 1.12 bits per heavy atom. The summed E-state index contributed by atoms with van der Waals surface area (Å²) >= 11 is 0. The van der Waals surface area contributed by atoms with E-state index in [1.807, 2.05) is 12.1 Å². The Hall–Kier alpha value is -3.69. The molecule has 9 heteroatoms. The van der Waals surface area contributed by atoms with Crippen LogP contribution >= 0.6 is 0 Å². The van der Waals surface area contributed by atoms with E-state index in [4.69, 9.17) is 10.2 Å². The molecule has 2 aromatic carbocycles. The Bertz CT molecular complexity index is 1190. The van der Waals surface area contributed by atoms with E-state index in [1.165, 1.54) is 0 Å². The Labute approximate surface area is 192 Å². The molecule has 1 aliphatic heterocycles. The molecule has 0 radical (unpaired) electrons. The van der Waals surface area contributed by atoms with E-state index in [-0.39, 0.29) is 5.91 Å². The lowest BCUT2D eigenvalue weighted by Gasteiger charge is -2.35. The summed E-state index contributed by atoms with van der Waals surface area (Å²) in [5.74, 6) is 0.0409. The number of hydrogen-bond donors (Lipinski definition) is 3. The van der Waals surface area contributed by atoms with Gasteiger partial charge in [0.15, 0.2) is 0 Å². The molecule has 0 atom stereocenters. The van der Waals surface area contributed by atoms with Crippen molar-refractivity contribution in [2.24, 2.45) is 0 Å². The molecule has 2 heterocycles. The number of benzene rings is 2. The number of carbonyl (C=O) groups is 2. The number of anilines is 1. The van der Waals surface area contributed by atoms with Crippen molar-refractivity contribution in [1.82, 2.24) is 25.2 Å². The number of carbonyl (C=O) groups excluding carboxylic acids is 2. The molecule has 0 saturated carbocycles. The van der Waals surface area contributed by atoms with Crippen LogP contribution in [0.2, 0.25) is 0 Å². The molecule has 0 unspecified atom stereocenters. The zero-order chi connectivity index (χ0) is 23.5. The van der Waals surface area contributed by atoms with Crippen molar-refractivity contribution >= 4 is 34.6 Å². The van der Waals surface area contributed by atoms with Gasteiger partial charge in [-0.05, 0) is 37.4 Å². The average Bonchev–Trinajstić information content (AvgIpc) is 3.25. The summed E-state index contributed by atoms with van der Waals surface area (Å²) in [5, 5.41) is 8.80. The normalized spacial score (nSPS) is 14.7. The number of rotatable bonds is 5. The van der Waals surface area contributed by atoms with Gasteiger partial charge in [-0.15, -0.1) is 0 Å². The number of imidazole rings is 1. The molecule has 9 nitrogen and oxygen atoms in total. The number of likely N-dealkylation sites (N-methyl/N-ethyl adjacent to an activating group) is 2. The van der Waals surface area contributed by atoms with Crippen LogP contribution in [-0.2, 0) is 4.79 Å². The van der Waals surface area contributed by atoms with E-state index < -0.39 is 5.91 Å². The minimum absolute atomic E-state index is 0.0725. The van der Waals surface area contributed by atoms with Crippen molar-refractivity contribution in [3.63, 3.8) is 0 Å². The van der Waals surface area contributed by atoms with Gasteiger partial charge in [0, 0.05) is 68.7 Å². The zero-order valence-corrected chi connectivity index (χ0v) is 19.0. The Morgan fingerprint density at radius 3 is 2.45 bits per heavy atom. The lowest BCUT2D eigenvalue weighted by atomic mass is 10.1. The summed E-state index contributed by atoms with van der Waals surface area (Å²) in [4.78, 5) is 38.0. The number of amides is 2. The molecule has 1 saturated heterocycles. The molecule has 3 N–H and O–H groups in total. The van der Waals surface area contributed by atoms with Gasteiger partial charge in [-0.25, -0.2) is 10.5 Å². The third kappa shape index (κ3) is 4.89. The second-order valence-electron chi connectivity index (χ2n) is 8.39. The first-order valence-corrected chi connectivity index (χ1v) is 10.8. The fourth-order valence-corrected chi connectivity index (χ4v) is 3.81. The van der Waals surface area contributed by atoms with Crippen LogP contribution in [0.3, 0.4) is 0 Å². The first-order chi connectivity index (χ1) is 15.9. The number of H-pyrrole nitrogens is 1. The SMILES string of the molecule is CN1CCN(c2cc3nc(-c4ccc(C(=O)NO)cc4)[nH]c3cc2/C=C/C(=O)N(C)C)CC1. The van der Waals surface area contributed by atoms with Gasteiger partial charge in [-0.1, -0.05) is 12.1 Å². The molecule has 172 valence electrons. The summed E-state index contributed by atoms with van der Waals surface area (Å²) < 4.78 is 0. The molecular formula is C24H28N6O3. The van der Waals surface area contributed by atoms with E-state index >= 15 is 0 Å². The van der Waals surface area contributed by atoms with E-state index in [0.29, 0.717) is 11.4 Å². The third-order valence-electron chi connectivity index (χ3n) is 5.84. The quantitative estimate of drug-likeness (QED) is 0.314. The number of fused-ring (bicyclic) bond motifs is 1. The van der Waals surface area contributed by atoms with Crippen LogP contribution in [-0.4, -0.2) is 84.1 Å². The summed E-state index contributed by atoms with van der Waals surface area (Å²) in [7, 11) is 5.58. The highest BCUT2D eigenvalue weighted by atomic mass is 16.5. The number of nitrogens with one attached hydrogen (secondary N) is 2. The second kappa shape index (κ2) is 9.43. The number of aromatic nitrogens is 2. The zero-order valence-electron chi connectivity index (χ0n) is 19.0. The molecule has 2 amide bonds. The fraction of sp³-hybridized carbons (Fsp3) is 0.292. The fourth-order valence-electron chi connectivity index (χ4n) is 3.81. The predicted octanol–water partition coefficient (Wildman–Crippen LogP) is 2.20. The number of hydrogen-bond acceptors (Lipinski definition) is 6. The van der Waals surface area contributed by atoms with Crippen LogP contribution in [0.5, 0.6) is 0 Å². The van der Waals surface area contributed by atoms with Crippen LogP contribution in [0.4, 0.5) is 5.69 Å². The maximum atomic E-state index is 12.2. The van der Waals surface area contributed by atoms with Crippen molar-refractivity contribution in [3.05, 3.63) is 53.6 Å². The number of piperazine rings is 1. The van der Waals surface area contributed by atoms with Gasteiger partial charge in [-0.2, -0.15) is 0 Å². The molecule has 0 spiro atoms. The highest BCUT2D eigenvalue weighted by Crippen LogP contribution is 2.30. The summed E-state index contributed by atoms with van der Waals surface area (Å²) in [5.41, 5.74) is 6.49. The molecule has 4 rings (SSSR count). The number of nitrogens with zero attached hydrogens (tertiary/aromatic N) is 4. The van der Waals surface area contributed by atoms with Crippen LogP contribution in [0.15, 0.2) is 42.5 Å². The van der Waals surface area contributed by atoms with Crippen molar-refractivity contribution in [3.8, 4) is 11.4 Å². The number of hydroxylamine groups is 1. The minimum atomic E-state index is -0.563. The van der Waals surface area contributed by atoms with Crippen molar-refractivity contribution in [2.45, 2.75) is 0 Å². The van der Waals surface area contributed by atoms with E-state index in [2.05, 4.69) is 27.9 Å². The largest absolute Gasteiger partial charge is 0.368 e. The van der Waals surface area contributed by atoms with Crippen LogP contribution in [0.25, 0.3) is 28.5 Å². The minimum Gasteiger partial charge on any atom is -0.368 e. The molecule has 1 aromatic heterocycles. The topological polar surface area (TPSA) is 105 Å².